The van der Waals surface area contributed by atoms with Gasteiger partial charge in [-0.2, -0.15) is 4.31 Å². The van der Waals surface area contributed by atoms with E-state index in [2.05, 4.69) is 0 Å². The maximum Gasteiger partial charge on any atom is 0.253 e. The van der Waals surface area contributed by atoms with Crippen LogP contribution in [0, 0.1) is 13.8 Å². The molecule has 1 aliphatic rings. The van der Waals surface area contributed by atoms with Gasteiger partial charge in [-0.3, -0.25) is 4.79 Å². The van der Waals surface area contributed by atoms with E-state index >= 15 is 0 Å². The Hall–Kier alpha value is -2.62. The molecule has 2 atom stereocenters. The minimum absolute atomic E-state index is 0.0737. The first-order valence-corrected chi connectivity index (χ1v) is 15.2. The summed E-state index contributed by atoms with van der Waals surface area (Å²) in [6.07, 6.45) is -0.485. The second-order valence-corrected chi connectivity index (χ2v) is 13.0. The molecule has 0 saturated carbocycles. The van der Waals surface area contributed by atoms with Crippen LogP contribution in [0.25, 0.3) is 0 Å². The van der Waals surface area contributed by atoms with Crippen molar-refractivity contribution < 1.29 is 22.7 Å². The van der Waals surface area contributed by atoms with E-state index in [0.29, 0.717) is 18.2 Å². The average Bonchev–Trinajstić information content (AvgIpc) is 2.88. The fourth-order valence-corrected chi connectivity index (χ4v) is 7.27. The third kappa shape index (κ3) is 6.81. The second-order valence-electron chi connectivity index (χ2n) is 10.3. The lowest BCUT2D eigenvalue weighted by Crippen LogP contribution is -2.48. The summed E-state index contributed by atoms with van der Waals surface area (Å²) in [7, 11) is -2.23. The van der Waals surface area contributed by atoms with Crippen LogP contribution in [0.3, 0.4) is 0 Å². The zero-order valence-electron chi connectivity index (χ0n) is 23.3. The van der Waals surface area contributed by atoms with Gasteiger partial charge < -0.3 is 14.4 Å². The van der Waals surface area contributed by atoms with Crippen molar-refractivity contribution in [3.05, 3.63) is 92.5 Å². The molecule has 1 amide bonds. The van der Waals surface area contributed by atoms with Gasteiger partial charge in [0.2, 0.25) is 10.0 Å². The predicted octanol–water partition coefficient (Wildman–Crippen LogP) is 6.26. The average molecular weight is 606 g/mol. The third-order valence-electron chi connectivity index (χ3n) is 6.80. The van der Waals surface area contributed by atoms with Crippen LogP contribution in [-0.2, 0) is 27.9 Å². The van der Waals surface area contributed by atoms with E-state index in [9.17, 15) is 13.2 Å². The number of morpholine rings is 1. The molecule has 0 aromatic heterocycles. The molecule has 1 aliphatic heterocycles. The van der Waals surface area contributed by atoms with Gasteiger partial charge in [0.1, 0.15) is 17.3 Å². The molecule has 2 unspecified atom stereocenters. The largest absolute Gasteiger partial charge is 0.488 e. The molecule has 0 N–H and O–H groups in total. The number of halogens is 2. The van der Waals surface area contributed by atoms with Crippen molar-refractivity contribution in [3.8, 4) is 5.75 Å². The summed E-state index contributed by atoms with van der Waals surface area (Å²) in [5.74, 6) is 0.461. The van der Waals surface area contributed by atoms with Crippen LogP contribution >= 0.6 is 23.2 Å². The molecule has 7 nitrogen and oxygen atoms in total. The lowest BCUT2D eigenvalue weighted by atomic mass is 10.0. The SMILES string of the molecule is Cc1cc(CN(C)C(=O)c2ccc(Cl)c(S(=O)(=O)N3CC(C)OC(C)C3)c2)cc(C)c1OCc1ccccc1Cl. The maximum absolute atomic E-state index is 13.4. The van der Waals surface area contributed by atoms with Crippen LogP contribution in [0.2, 0.25) is 10.0 Å². The lowest BCUT2D eigenvalue weighted by Gasteiger charge is -2.34. The Morgan fingerprint density at radius 2 is 1.62 bits per heavy atom. The smallest absolute Gasteiger partial charge is 0.253 e. The van der Waals surface area contributed by atoms with E-state index in [4.69, 9.17) is 32.7 Å². The van der Waals surface area contributed by atoms with Gasteiger partial charge >= 0.3 is 0 Å². The standard InChI is InChI=1S/C30H34Cl2N2O5S/c1-19-12-23(13-20(2)29(19)38-18-25-8-6-7-9-26(25)31)17-33(5)30(35)24-10-11-27(32)28(14-24)40(36,37)34-15-21(3)39-22(4)16-34/h6-14,21-22H,15-18H2,1-5H3. The molecule has 1 fully saturated rings. The number of ether oxygens (including phenoxy) is 2. The Kier molecular flexibility index (Phi) is 9.47. The molecule has 0 bridgehead atoms. The number of hydrogen-bond acceptors (Lipinski definition) is 5. The Bertz CT molecular complexity index is 1480. The number of sulfonamides is 1. The number of rotatable bonds is 8. The van der Waals surface area contributed by atoms with Crippen molar-refractivity contribution in [2.75, 3.05) is 20.1 Å². The van der Waals surface area contributed by atoms with Crippen molar-refractivity contribution in [3.63, 3.8) is 0 Å². The quantitative estimate of drug-likeness (QED) is 0.303. The van der Waals surface area contributed by atoms with Crippen LogP contribution in [-0.4, -0.2) is 55.9 Å². The van der Waals surface area contributed by atoms with Crippen LogP contribution in [0.4, 0.5) is 0 Å². The summed E-state index contributed by atoms with van der Waals surface area (Å²) in [4.78, 5) is 14.8. The highest BCUT2D eigenvalue weighted by Crippen LogP contribution is 2.30. The van der Waals surface area contributed by atoms with Crippen molar-refractivity contribution >= 4 is 39.1 Å². The maximum atomic E-state index is 13.4. The van der Waals surface area contributed by atoms with Gasteiger partial charge in [-0.25, -0.2) is 8.42 Å². The topological polar surface area (TPSA) is 76.2 Å². The highest BCUT2D eigenvalue weighted by atomic mass is 35.5. The van der Waals surface area contributed by atoms with E-state index in [1.165, 1.54) is 16.4 Å². The first-order chi connectivity index (χ1) is 18.9. The third-order valence-corrected chi connectivity index (χ3v) is 9.48. The molecule has 40 heavy (non-hydrogen) atoms. The van der Waals surface area contributed by atoms with E-state index < -0.39 is 10.0 Å². The Morgan fingerprint density at radius 1 is 1.00 bits per heavy atom. The molecule has 0 radical (unpaired) electrons. The summed E-state index contributed by atoms with van der Waals surface area (Å²) in [6.45, 7) is 8.70. The molecule has 10 heteroatoms. The van der Waals surface area contributed by atoms with Gasteiger partial charge in [0.05, 0.1) is 17.2 Å². The normalized spacial score (nSPS) is 18.0. The molecule has 0 spiro atoms. The van der Waals surface area contributed by atoms with E-state index in [0.717, 1.165) is 28.0 Å². The van der Waals surface area contributed by atoms with Crippen molar-refractivity contribution in [1.82, 2.24) is 9.21 Å². The van der Waals surface area contributed by atoms with Crippen molar-refractivity contribution in [2.45, 2.75) is 58.0 Å². The molecule has 3 aromatic carbocycles. The Balaban J connectivity index is 1.49. The molecule has 1 saturated heterocycles. The van der Waals surface area contributed by atoms with E-state index in [1.54, 1.807) is 18.0 Å². The molecule has 3 aromatic rings. The Morgan fingerprint density at radius 3 is 2.25 bits per heavy atom. The van der Waals surface area contributed by atoms with Crippen LogP contribution in [0.15, 0.2) is 59.5 Å². The minimum atomic E-state index is -3.92. The number of benzene rings is 3. The van der Waals surface area contributed by atoms with Gasteiger partial charge in [0, 0.05) is 42.8 Å². The summed E-state index contributed by atoms with van der Waals surface area (Å²) < 4.78 is 40.0. The summed E-state index contributed by atoms with van der Waals surface area (Å²) >= 11 is 12.6. The van der Waals surface area contributed by atoms with E-state index in [-0.39, 0.29) is 46.7 Å². The zero-order valence-corrected chi connectivity index (χ0v) is 25.6. The summed E-state index contributed by atoms with van der Waals surface area (Å²) in [5, 5.41) is 0.728. The highest BCUT2D eigenvalue weighted by molar-refractivity contribution is 7.89. The van der Waals surface area contributed by atoms with Gasteiger partial charge in [-0.15, -0.1) is 0 Å². The highest BCUT2D eigenvalue weighted by Gasteiger charge is 2.34. The first-order valence-electron chi connectivity index (χ1n) is 13.0. The van der Waals surface area contributed by atoms with Gasteiger partial charge in [0.15, 0.2) is 0 Å². The number of amides is 1. The molecule has 0 aliphatic carbocycles. The fourth-order valence-electron chi connectivity index (χ4n) is 4.99. The van der Waals surface area contributed by atoms with Crippen LogP contribution in [0.1, 0.15) is 46.5 Å². The van der Waals surface area contributed by atoms with E-state index in [1.807, 2.05) is 64.1 Å². The van der Waals surface area contributed by atoms with Gasteiger partial charge in [-0.1, -0.05) is 53.5 Å². The predicted molar refractivity (Wildman–Crippen MR) is 158 cm³/mol. The summed E-state index contributed by atoms with van der Waals surface area (Å²) in [6, 6.07) is 15.9. The van der Waals surface area contributed by atoms with Crippen LogP contribution < -0.4 is 4.74 Å². The second kappa shape index (κ2) is 12.5. The van der Waals surface area contributed by atoms with Crippen LogP contribution in [0.5, 0.6) is 5.75 Å². The minimum Gasteiger partial charge on any atom is -0.488 e. The fraction of sp³-hybridized carbons (Fsp3) is 0.367. The molecule has 214 valence electrons. The molecule has 4 rings (SSSR count). The number of carbonyl (C=O) groups excluding carboxylic acids is 1. The zero-order chi connectivity index (χ0) is 29.2. The molecule has 1 heterocycles. The molecular weight excluding hydrogens is 571 g/mol. The lowest BCUT2D eigenvalue weighted by molar-refractivity contribution is -0.0440. The number of aryl methyl sites for hydroxylation is 2. The van der Waals surface area contributed by atoms with Gasteiger partial charge in [-0.05, 0) is 68.7 Å². The monoisotopic (exact) mass is 604 g/mol. The van der Waals surface area contributed by atoms with Gasteiger partial charge in [0.25, 0.3) is 5.91 Å². The first kappa shape index (κ1) is 30.3. The van der Waals surface area contributed by atoms with Crippen molar-refractivity contribution in [1.29, 1.82) is 0 Å². The number of nitrogens with zero attached hydrogens (tertiary/aromatic N) is 2. The number of carbonyl (C=O) groups is 1. The Labute approximate surface area is 246 Å². The number of hydrogen-bond donors (Lipinski definition) is 0. The van der Waals surface area contributed by atoms with Crippen molar-refractivity contribution in [2.24, 2.45) is 0 Å². The molecular formula is C30H34Cl2N2O5S. The summed E-state index contributed by atoms with van der Waals surface area (Å²) in [5.41, 5.74) is 3.95.